The Balaban J connectivity index is 2.06. The van der Waals surface area contributed by atoms with Crippen molar-refractivity contribution in [2.24, 2.45) is 0 Å². The number of carbonyl (C=O) groups excluding carboxylic acids is 1. The Hall–Kier alpha value is -2.01. The van der Waals surface area contributed by atoms with Gasteiger partial charge in [-0.2, -0.15) is 0 Å². The summed E-state index contributed by atoms with van der Waals surface area (Å²) < 4.78 is 5.14. The van der Waals surface area contributed by atoms with E-state index in [1.54, 1.807) is 36.2 Å². The molecule has 0 radical (unpaired) electrons. The summed E-state index contributed by atoms with van der Waals surface area (Å²) in [5, 5.41) is -0.173. The molecular weight excluding hydrogens is 296 g/mol. The van der Waals surface area contributed by atoms with Gasteiger partial charge in [-0.3, -0.25) is 9.78 Å². The molecule has 116 valence electrons. The van der Waals surface area contributed by atoms with Crippen LogP contribution in [0.4, 0.5) is 5.69 Å². The lowest BCUT2D eigenvalue weighted by atomic mass is 10.3. The number of pyridine rings is 1. The van der Waals surface area contributed by atoms with Crippen LogP contribution in [0, 0.1) is 0 Å². The van der Waals surface area contributed by atoms with Crippen molar-refractivity contribution in [1.29, 1.82) is 0 Å². The Morgan fingerprint density at radius 1 is 1.32 bits per heavy atom. The number of nitrogens with zero attached hydrogens (tertiary/aromatic N) is 2. The number of benzene rings is 1. The van der Waals surface area contributed by atoms with Gasteiger partial charge in [0.25, 0.3) is 0 Å². The number of methoxy groups -OCH3 is 1. The molecule has 1 aromatic carbocycles. The summed E-state index contributed by atoms with van der Waals surface area (Å²) in [5.41, 5.74) is 0.831. The maximum absolute atomic E-state index is 12.7. The largest absolute Gasteiger partial charge is 0.497 e. The van der Waals surface area contributed by atoms with Crippen LogP contribution in [0.3, 0.4) is 0 Å². The van der Waals surface area contributed by atoms with Crippen LogP contribution >= 0.6 is 11.8 Å². The van der Waals surface area contributed by atoms with Gasteiger partial charge in [-0.25, -0.2) is 0 Å². The molecule has 4 nitrogen and oxygen atoms in total. The van der Waals surface area contributed by atoms with Crippen LogP contribution in [0.15, 0.2) is 53.7 Å². The second-order valence-corrected chi connectivity index (χ2v) is 6.14. The van der Waals surface area contributed by atoms with Crippen molar-refractivity contribution < 1.29 is 9.53 Å². The van der Waals surface area contributed by atoms with Gasteiger partial charge in [-0.05, 0) is 50.2 Å². The molecule has 0 unspecified atom stereocenters. The third-order valence-electron chi connectivity index (χ3n) is 3.26. The van der Waals surface area contributed by atoms with E-state index in [9.17, 15) is 4.79 Å². The van der Waals surface area contributed by atoms with Crippen molar-refractivity contribution in [3.05, 3.63) is 48.8 Å². The molecule has 0 saturated heterocycles. The highest BCUT2D eigenvalue weighted by molar-refractivity contribution is 8.00. The number of hydrogen-bond donors (Lipinski definition) is 0. The average Bonchev–Trinajstić information content (AvgIpc) is 2.57. The number of rotatable bonds is 6. The van der Waals surface area contributed by atoms with Gasteiger partial charge in [0.1, 0.15) is 5.75 Å². The molecule has 1 heterocycles. The lowest BCUT2D eigenvalue weighted by molar-refractivity contribution is -0.117. The third kappa shape index (κ3) is 4.01. The van der Waals surface area contributed by atoms with Crippen molar-refractivity contribution in [3.8, 4) is 5.75 Å². The summed E-state index contributed by atoms with van der Waals surface area (Å²) in [4.78, 5) is 19.5. The molecule has 1 amide bonds. The molecule has 5 heteroatoms. The van der Waals surface area contributed by atoms with E-state index in [-0.39, 0.29) is 11.2 Å². The summed E-state index contributed by atoms with van der Waals surface area (Å²) in [6.07, 6.45) is 3.42. The molecule has 0 aliphatic carbocycles. The van der Waals surface area contributed by atoms with Crippen LogP contribution in [0.5, 0.6) is 5.75 Å². The lowest BCUT2D eigenvalue weighted by Crippen LogP contribution is -2.36. The van der Waals surface area contributed by atoms with Crippen molar-refractivity contribution in [1.82, 2.24) is 4.98 Å². The van der Waals surface area contributed by atoms with Crippen molar-refractivity contribution >= 4 is 23.4 Å². The minimum Gasteiger partial charge on any atom is -0.497 e. The smallest absolute Gasteiger partial charge is 0.240 e. The molecule has 0 bridgehead atoms. The molecule has 0 fully saturated rings. The molecular formula is C17H20N2O2S. The molecule has 22 heavy (non-hydrogen) atoms. The van der Waals surface area contributed by atoms with Crippen molar-refractivity contribution in [2.45, 2.75) is 24.0 Å². The molecule has 0 saturated carbocycles. The number of hydrogen-bond acceptors (Lipinski definition) is 4. The standard InChI is InChI=1S/C17H20N2O2S/c1-4-19(14-6-5-11-18-12-14)17(20)13(2)22-16-9-7-15(21-3)8-10-16/h5-13H,4H2,1-3H3/t13-/m1/s1. The zero-order valence-electron chi connectivity index (χ0n) is 13.0. The van der Waals surface area contributed by atoms with E-state index in [0.717, 1.165) is 16.3 Å². The van der Waals surface area contributed by atoms with Crippen molar-refractivity contribution in [3.63, 3.8) is 0 Å². The van der Waals surface area contributed by atoms with Crippen LogP contribution in [-0.2, 0) is 4.79 Å². The van der Waals surface area contributed by atoms with E-state index < -0.39 is 0 Å². The van der Waals surface area contributed by atoms with Gasteiger partial charge < -0.3 is 9.64 Å². The summed E-state index contributed by atoms with van der Waals surface area (Å²) in [6.45, 7) is 4.52. The summed E-state index contributed by atoms with van der Waals surface area (Å²) in [6, 6.07) is 11.5. The Morgan fingerprint density at radius 3 is 2.59 bits per heavy atom. The number of thioether (sulfide) groups is 1. The highest BCUT2D eigenvalue weighted by atomic mass is 32.2. The average molecular weight is 316 g/mol. The summed E-state index contributed by atoms with van der Waals surface area (Å²) >= 11 is 1.54. The molecule has 2 rings (SSSR count). The predicted octanol–water partition coefficient (Wildman–Crippen LogP) is 3.62. The first-order valence-electron chi connectivity index (χ1n) is 7.17. The highest BCUT2D eigenvalue weighted by Gasteiger charge is 2.21. The second kappa shape index (κ2) is 7.84. The first-order chi connectivity index (χ1) is 10.7. The lowest BCUT2D eigenvalue weighted by Gasteiger charge is -2.24. The van der Waals surface area contributed by atoms with Gasteiger partial charge in [0.15, 0.2) is 0 Å². The minimum atomic E-state index is -0.173. The van der Waals surface area contributed by atoms with Gasteiger partial charge in [0.05, 0.1) is 24.2 Å². The number of anilines is 1. The number of aromatic nitrogens is 1. The first kappa shape index (κ1) is 16.4. The summed E-state index contributed by atoms with van der Waals surface area (Å²) in [5.74, 6) is 0.894. The fourth-order valence-corrected chi connectivity index (χ4v) is 3.04. The van der Waals surface area contributed by atoms with Crippen LogP contribution in [0.1, 0.15) is 13.8 Å². The SMILES string of the molecule is CCN(C(=O)[C@@H](C)Sc1ccc(OC)cc1)c1cccnc1. The molecule has 0 spiro atoms. The monoisotopic (exact) mass is 316 g/mol. The normalized spacial score (nSPS) is 11.8. The van der Waals surface area contributed by atoms with Crippen LogP contribution in [0.2, 0.25) is 0 Å². The number of ether oxygens (including phenoxy) is 1. The molecule has 0 N–H and O–H groups in total. The van der Waals surface area contributed by atoms with Crippen LogP contribution in [-0.4, -0.2) is 29.8 Å². The fraction of sp³-hybridized carbons (Fsp3) is 0.294. The first-order valence-corrected chi connectivity index (χ1v) is 8.05. The molecule has 0 aliphatic rings. The zero-order valence-corrected chi connectivity index (χ0v) is 13.8. The van der Waals surface area contributed by atoms with E-state index in [1.165, 1.54) is 0 Å². The van der Waals surface area contributed by atoms with Gasteiger partial charge >= 0.3 is 0 Å². The van der Waals surface area contributed by atoms with E-state index in [1.807, 2.05) is 50.2 Å². The maximum atomic E-state index is 12.7. The topological polar surface area (TPSA) is 42.4 Å². The van der Waals surface area contributed by atoms with E-state index >= 15 is 0 Å². The molecule has 1 aromatic heterocycles. The Kier molecular flexibility index (Phi) is 5.83. The maximum Gasteiger partial charge on any atom is 0.240 e. The van der Waals surface area contributed by atoms with Crippen molar-refractivity contribution in [2.75, 3.05) is 18.6 Å². The minimum absolute atomic E-state index is 0.0799. The van der Waals surface area contributed by atoms with E-state index in [0.29, 0.717) is 6.54 Å². The third-order valence-corrected chi connectivity index (χ3v) is 4.36. The fourth-order valence-electron chi connectivity index (χ4n) is 2.11. The Labute approximate surface area is 135 Å². The van der Waals surface area contributed by atoms with E-state index in [2.05, 4.69) is 4.98 Å². The van der Waals surface area contributed by atoms with Crippen LogP contribution < -0.4 is 9.64 Å². The zero-order chi connectivity index (χ0) is 15.9. The number of carbonyl (C=O) groups is 1. The predicted molar refractivity (Wildman–Crippen MR) is 90.6 cm³/mol. The van der Waals surface area contributed by atoms with Gasteiger partial charge in [0.2, 0.25) is 5.91 Å². The number of amides is 1. The van der Waals surface area contributed by atoms with Crippen LogP contribution in [0.25, 0.3) is 0 Å². The van der Waals surface area contributed by atoms with Gasteiger partial charge in [0, 0.05) is 17.6 Å². The van der Waals surface area contributed by atoms with E-state index in [4.69, 9.17) is 4.74 Å². The Morgan fingerprint density at radius 2 is 2.05 bits per heavy atom. The summed E-state index contributed by atoms with van der Waals surface area (Å²) in [7, 11) is 1.64. The molecule has 2 aromatic rings. The Bertz CT molecular complexity index is 602. The molecule has 1 atom stereocenters. The highest BCUT2D eigenvalue weighted by Crippen LogP contribution is 2.27. The van der Waals surface area contributed by atoms with Gasteiger partial charge in [-0.15, -0.1) is 11.8 Å². The molecule has 0 aliphatic heterocycles. The second-order valence-electron chi connectivity index (χ2n) is 4.73. The van der Waals surface area contributed by atoms with Gasteiger partial charge in [-0.1, -0.05) is 0 Å². The quantitative estimate of drug-likeness (QED) is 0.763.